The van der Waals surface area contributed by atoms with Gasteiger partial charge in [0.25, 0.3) is 5.91 Å². The highest BCUT2D eigenvalue weighted by atomic mass is 19.1. The average molecular weight is 504 g/mol. The fourth-order valence-electron chi connectivity index (χ4n) is 4.76. The molecule has 190 valence electrons. The Labute approximate surface area is 212 Å². The third-order valence-corrected chi connectivity index (χ3v) is 6.59. The van der Waals surface area contributed by atoms with E-state index >= 15 is 0 Å². The van der Waals surface area contributed by atoms with Gasteiger partial charge in [0, 0.05) is 31.3 Å². The van der Waals surface area contributed by atoms with Crippen molar-refractivity contribution in [3.63, 3.8) is 0 Å². The van der Waals surface area contributed by atoms with Gasteiger partial charge in [-0.1, -0.05) is 30.3 Å². The summed E-state index contributed by atoms with van der Waals surface area (Å²) < 4.78 is 29.0. The fraction of sp³-hybridized carbons (Fsp3) is 0.259. The molecule has 0 unspecified atom stereocenters. The molecule has 0 radical (unpaired) electrons. The number of carbonyl (C=O) groups excluding carboxylic acids is 1. The van der Waals surface area contributed by atoms with Crippen molar-refractivity contribution >= 4 is 22.8 Å². The monoisotopic (exact) mass is 503 g/mol. The molecule has 37 heavy (non-hydrogen) atoms. The minimum Gasteiger partial charge on any atom is -0.383 e. The van der Waals surface area contributed by atoms with E-state index in [4.69, 9.17) is 10.8 Å². The Bertz CT molecular complexity index is 1450. The van der Waals surface area contributed by atoms with Crippen LogP contribution in [0.4, 0.5) is 14.6 Å². The topological polar surface area (TPSA) is 102 Å². The van der Waals surface area contributed by atoms with Gasteiger partial charge in [-0.25, -0.2) is 23.4 Å². The largest absolute Gasteiger partial charge is 0.383 e. The lowest BCUT2D eigenvalue weighted by molar-refractivity contribution is 0.0947. The molecule has 8 nitrogen and oxygen atoms in total. The number of halogens is 2. The van der Waals surface area contributed by atoms with E-state index in [0.29, 0.717) is 28.6 Å². The van der Waals surface area contributed by atoms with Crippen molar-refractivity contribution in [1.82, 2.24) is 30.0 Å². The molecule has 0 saturated carbocycles. The van der Waals surface area contributed by atoms with Gasteiger partial charge in [0.15, 0.2) is 5.65 Å². The van der Waals surface area contributed by atoms with Gasteiger partial charge in [-0.05, 0) is 37.1 Å². The minimum atomic E-state index is -0.902. The van der Waals surface area contributed by atoms with E-state index in [9.17, 15) is 13.6 Å². The number of fused-ring (bicyclic) bond motifs is 1. The fourth-order valence-corrected chi connectivity index (χ4v) is 4.76. The number of hydrogen-bond donors (Lipinski definition) is 2. The second-order valence-corrected chi connectivity index (χ2v) is 9.10. The molecule has 2 aromatic heterocycles. The summed E-state index contributed by atoms with van der Waals surface area (Å²) in [6.45, 7) is 6.73. The average Bonchev–Trinajstić information content (AvgIpc) is 3.29. The predicted octanol–water partition coefficient (Wildman–Crippen LogP) is 4.11. The van der Waals surface area contributed by atoms with Crippen LogP contribution in [0.1, 0.15) is 34.8 Å². The summed E-state index contributed by atoms with van der Waals surface area (Å²) in [5, 5.41) is 8.31. The van der Waals surface area contributed by atoms with Crippen LogP contribution in [0.3, 0.4) is 0 Å². The lowest BCUT2D eigenvalue weighted by Gasteiger charge is -2.32. The molecule has 3 heterocycles. The van der Waals surface area contributed by atoms with Crippen LogP contribution in [0.15, 0.2) is 61.4 Å². The number of nitrogens with one attached hydrogen (secondary N) is 1. The van der Waals surface area contributed by atoms with Gasteiger partial charge in [-0.2, -0.15) is 5.10 Å². The normalized spacial score (nSPS) is 16.1. The third kappa shape index (κ3) is 5.05. The van der Waals surface area contributed by atoms with Gasteiger partial charge in [0.2, 0.25) is 0 Å². The molecule has 1 fully saturated rings. The molecule has 1 aliphatic heterocycles. The first-order valence-corrected chi connectivity index (χ1v) is 12.1. The number of aromatic nitrogens is 4. The van der Waals surface area contributed by atoms with Gasteiger partial charge in [0.1, 0.15) is 29.5 Å². The quantitative estimate of drug-likeness (QED) is 0.368. The summed E-state index contributed by atoms with van der Waals surface area (Å²) >= 11 is 0. The van der Waals surface area contributed by atoms with Crippen LogP contribution in [0.5, 0.6) is 0 Å². The maximum atomic E-state index is 13.9. The zero-order chi connectivity index (χ0) is 25.9. The molecule has 1 atom stereocenters. The molecule has 0 aliphatic carbocycles. The number of hydrogen-bond acceptors (Lipinski definition) is 6. The highest BCUT2D eigenvalue weighted by molar-refractivity contribution is 5.98. The molecule has 0 bridgehead atoms. The molecule has 5 rings (SSSR count). The molecular weight excluding hydrogens is 476 g/mol. The molecule has 0 spiro atoms. The summed E-state index contributed by atoms with van der Waals surface area (Å²) in [5.74, 6) is -1.89. The summed E-state index contributed by atoms with van der Waals surface area (Å²) in [6, 6.07) is 10.5. The second kappa shape index (κ2) is 10.4. The standard InChI is InChI=1S/C27H27F2N7O/c1-2-11-35-12-3-4-20(15-35)36-26-23(25(30)32-16-33-26)24(34-36)18-7-5-17(6-8-18)14-31-27(37)21-10-9-19(28)13-22(21)29/h2,5-10,13,16,20H,1,3-4,11-12,14-15H2,(H,31,37)(H2,30,32,33)/t20-/m1/s1. The Morgan fingerprint density at radius 1 is 1.19 bits per heavy atom. The highest BCUT2D eigenvalue weighted by Gasteiger charge is 2.26. The number of amides is 1. The Kier molecular flexibility index (Phi) is 6.91. The second-order valence-electron chi connectivity index (χ2n) is 9.10. The number of anilines is 1. The number of carbonyl (C=O) groups is 1. The number of rotatable bonds is 7. The minimum absolute atomic E-state index is 0.153. The van der Waals surface area contributed by atoms with Crippen LogP contribution in [0.25, 0.3) is 22.3 Å². The first-order chi connectivity index (χ1) is 17.9. The first kappa shape index (κ1) is 24.5. The van der Waals surface area contributed by atoms with Crippen LogP contribution in [0.2, 0.25) is 0 Å². The van der Waals surface area contributed by atoms with Crippen molar-refractivity contribution in [3.8, 4) is 11.3 Å². The molecule has 1 saturated heterocycles. The van der Waals surface area contributed by atoms with E-state index in [1.807, 2.05) is 35.0 Å². The van der Waals surface area contributed by atoms with Crippen LogP contribution < -0.4 is 11.1 Å². The lowest BCUT2D eigenvalue weighted by atomic mass is 10.1. The van der Waals surface area contributed by atoms with Crippen molar-refractivity contribution in [2.75, 3.05) is 25.4 Å². The SMILES string of the molecule is C=CCN1CCC[C@@H](n2nc(-c3ccc(CNC(=O)c4ccc(F)cc4F)cc3)c3c(N)ncnc32)C1. The van der Waals surface area contributed by atoms with Crippen LogP contribution in [-0.4, -0.2) is 50.2 Å². The Morgan fingerprint density at radius 3 is 2.76 bits per heavy atom. The summed E-state index contributed by atoms with van der Waals surface area (Å²) in [4.78, 5) is 23.4. The van der Waals surface area contributed by atoms with Crippen molar-refractivity contribution in [3.05, 3.63) is 84.2 Å². The van der Waals surface area contributed by atoms with Gasteiger partial charge >= 0.3 is 0 Å². The molecule has 2 aromatic carbocycles. The van der Waals surface area contributed by atoms with Gasteiger partial charge in [0.05, 0.1) is 17.0 Å². The van der Waals surface area contributed by atoms with Crippen molar-refractivity contribution in [2.45, 2.75) is 25.4 Å². The number of nitrogen functional groups attached to an aromatic ring is 1. The van der Waals surface area contributed by atoms with Crippen molar-refractivity contribution in [2.24, 2.45) is 0 Å². The lowest BCUT2D eigenvalue weighted by Crippen LogP contribution is -2.37. The third-order valence-electron chi connectivity index (χ3n) is 6.59. The molecule has 10 heteroatoms. The maximum Gasteiger partial charge on any atom is 0.254 e. The van der Waals surface area contributed by atoms with Gasteiger partial charge in [-0.15, -0.1) is 6.58 Å². The van der Waals surface area contributed by atoms with E-state index in [1.54, 1.807) is 0 Å². The molecule has 1 amide bonds. The summed E-state index contributed by atoms with van der Waals surface area (Å²) in [5.41, 5.74) is 9.10. The zero-order valence-electron chi connectivity index (χ0n) is 20.2. The van der Waals surface area contributed by atoms with Crippen LogP contribution in [0, 0.1) is 11.6 Å². The molecular formula is C27H27F2N7O. The van der Waals surface area contributed by atoms with Crippen LogP contribution >= 0.6 is 0 Å². The Balaban J connectivity index is 1.38. The summed E-state index contributed by atoms with van der Waals surface area (Å²) in [6.07, 6.45) is 5.41. The Morgan fingerprint density at radius 2 is 2.00 bits per heavy atom. The van der Waals surface area contributed by atoms with Gasteiger partial charge in [-0.3, -0.25) is 9.69 Å². The van der Waals surface area contributed by atoms with E-state index in [2.05, 4.69) is 26.8 Å². The Hall–Kier alpha value is -4.18. The number of likely N-dealkylation sites (tertiary alicyclic amines) is 1. The van der Waals surface area contributed by atoms with Gasteiger partial charge < -0.3 is 11.1 Å². The van der Waals surface area contributed by atoms with E-state index in [-0.39, 0.29) is 18.2 Å². The van der Waals surface area contributed by atoms with E-state index in [0.717, 1.165) is 55.7 Å². The van der Waals surface area contributed by atoms with E-state index < -0.39 is 17.5 Å². The van der Waals surface area contributed by atoms with Crippen molar-refractivity contribution in [1.29, 1.82) is 0 Å². The molecule has 1 aliphatic rings. The molecule has 4 aromatic rings. The smallest absolute Gasteiger partial charge is 0.254 e. The van der Waals surface area contributed by atoms with Crippen LogP contribution in [-0.2, 0) is 6.54 Å². The first-order valence-electron chi connectivity index (χ1n) is 12.1. The van der Waals surface area contributed by atoms with E-state index in [1.165, 1.54) is 6.33 Å². The number of nitrogens with zero attached hydrogens (tertiary/aromatic N) is 5. The predicted molar refractivity (Wildman–Crippen MR) is 138 cm³/mol. The zero-order valence-corrected chi connectivity index (χ0v) is 20.2. The summed E-state index contributed by atoms with van der Waals surface area (Å²) in [7, 11) is 0. The number of benzene rings is 2. The molecule has 3 N–H and O–H groups in total. The highest BCUT2D eigenvalue weighted by Crippen LogP contribution is 2.33. The maximum absolute atomic E-state index is 13.9. The van der Waals surface area contributed by atoms with Crippen molar-refractivity contribution < 1.29 is 13.6 Å². The number of piperidine rings is 1. The number of nitrogens with two attached hydrogens (primary N) is 1.